The molecule has 14 aromatic rings. The molecule has 0 atom stereocenters. The molecule has 0 bridgehead atoms. The Morgan fingerprint density at radius 3 is 1.12 bits per heavy atom. The van der Waals surface area contributed by atoms with Gasteiger partial charge in [-0.25, -0.2) is 0 Å². The van der Waals surface area contributed by atoms with Gasteiger partial charge in [-0.2, -0.15) is 0 Å². The molecule has 0 spiro atoms. The van der Waals surface area contributed by atoms with E-state index in [-0.39, 0.29) is 99.5 Å². The molecule has 9 heteroatoms. The Morgan fingerprint density at radius 1 is 0.309 bits per heavy atom. The third-order valence-corrected chi connectivity index (χ3v) is 24.6. The minimum absolute atomic E-state index is 0.0583. The molecule has 0 N–H and O–H groups in total. The molecule has 6 heterocycles. The third-order valence-electron chi connectivity index (χ3n) is 22.3. The largest absolute Gasteiger partial charge is 0.311 e. The van der Waals surface area contributed by atoms with Crippen LogP contribution in [-0.2, 0) is 32.5 Å². The second-order valence-corrected chi connectivity index (χ2v) is 38.3. The summed E-state index contributed by atoms with van der Waals surface area (Å²) in [7, 11) is 0. The van der Waals surface area contributed by atoms with Crippen molar-refractivity contribution in [2.24, 2.45) is 0 Å². The number of benzene rings is 12. The number of rotatable bonds is 7. The van der Waals surface area contributed by atoms with E-state index in [2.05, 4.69) is 258 Å². The van der Waals surface area contributed by atoms with Crippen LogP contribution in [0.2, 0.25) is 0 Å². The van der Waals surface area contributed by atoms with Gasteiger partial charge in [0.2, 0.25) is 0 Å². The summed E-state index contributed by atoms with van der Waals surface area (Å²) < 4.78 is 122. The summed E-state index contributed by atoms with van der Waals surface area (Å²) in [6.07, 6.45) is 0. The topological polar surface area (TPSA) is 16.2 Å². The summed E-state index contributed by atoms with van der Waals surface area (Å²) in [6, 6.07) is 63.5. The van der Waals surface area contributed by atoms with E-state index in [1.54, 1.807) is 0 Å². The van der Waals surface area contributed by atoms with Crippen LogP contribution >= 0.6 is 22.7 Å². The molecule has 12 aromatic carbocycles. The first-order valence-electron chi connectivity index (χ1n) is 44.9. The Balaban J connectivity index is 0.000000176. The first-order chi connectivity index (χ1) is 57.7. The lowest BCUT2D eigenvalue weighted by atomic mass is 9.36. The SMILES string of the molecule is [2H]c1c([2H])c([2H])c(N2c3ccc(C(C)(C)C)cc3B3c4sc5c([2H])c([2H])c(C(C)(C)C)c([2H])c5c4N(c4ccc(C(C)(C)C)cc4)c4cc(C)cc2c43)c([2H])c1[2H].[2H]c1c([2H])c([2H])c(N2c3ccc(C(C)(C)C)cc3B3c4sc5ccc(C(C)(C)C)cc5c4N(c4ccc(C(C)(C)C)cc4)c4cc(N(c5ccccc5)c5ccccc5)cc2c43)c([2H])c1[2H]. The van der Waals surface area contributed by atoms with Gasteiger partial charge < -0.3 is 24.5 Å². The molecular formula is C101H101B2N5S2. The highest BCUT2D eigenvalue weighted by Gasteiger charge is 2.49. The molecule has 0 saturated carbocycles. The van der Waals surface area contributed by atoms with E-state index in [4.69, 9.17) is 8.22 Å². The molecule has 0 saturated heterocycles. The summed E-state index contributed by atoms with van der Waals surface area (Å²) >= 11 is 3.29. The van der Waals surface area contributed by atoms with E-state index >= 15 is 0 Å². The van der Waals surface area contributed by atoms with Gasteiger partial charge in [0.25, 0.3) is 13.4 Å². The van der Waals surface area contributed by atoms with Crippen LogP contribution in [0.4, 0.5) is 85.3 Å². The predicted molar refractivity (Wildman–Crippen MR) is 483 cm³/mol. The number of hydrogen-bond acceptors (Lipinski definition) is 7. The smallest absolute Gasteiger partial charge is 0.264 e. The molecule has 110 heavy (non-hydrogen) atoms. The van der Waals surface area contributed by atoms with Crippen molar-refractivity contribution in [1.29, 1.82) is 0 Å². The molecule has 548 valence electrons. The average molecular weight is 1480 g/mol. The number of para-hydroxylation sites is 4. The van der Waals surface area contributed by atoms with Crippen molar-refractivity contribution in [1.82, 2.24) is 0 Å². The van der Waals surface area contributed by atoms with Crippen LogP contribution in [0.1, 0.15) is 181 Å². The molecule has 5 nitrogen and oxygen atoms in total. The Hall–Kier alpha value is -10.3. The number of hydrogen-bond donors (Lipinski definition) is 0. The number of fused-ring (bicyclic) bond motifs is 12. The van der Waals surface area contributed by atoms with Crippen LogP contribution in [0.25, 0.3) is 20.2 Å². The van der Waals surface area contributed by atoms with E-state index in [0.717, 1.165) is 106 Å². The van der Waals surface area contributed by atoms with Crippen molar-refractivity contribution < 1.29 is 17.8 Å². The molecule has 4 aliphatic rings. The van der Waals surface area contributed by atoms with Gasteiger partial charge in [-0.05, 0) is 234 Å². The van der Waals surface area contributed by atoms with Gasteiger partial charge in [0.1, 0.15) is 0 Å². The fourth-order valence-electron chi connectivity index (χ4n) is 16.4. The highest BCUT2D eigenvalue weighted by molar-refractivity contribution is 7.34. The van der Waals surface area contributed by atoms with E-state index in [1.807, 2.05) is 97.4 Å². The maximum atomic E-state index is 9.85. The standard InChI is InChI=1S/C56H54BN3S.C45H47BN2S/c1-54(2,3)37-25-29-43(30-26-37)60-49-36-44(58(40-19-13-10-14-20-40)41-21-15-11-16-22-41)35-48-51(49)57(53-52(60)45-33-38(55(4,5)6)28-32-50(45)61-53)46-34-39(56(7,8)9)27-31-47(46)59(48)42-23-17-12-18-24-42;1-28-24-37-40-38(25-28)48(33-20-16-29(17-21-33)43(2,3)4)41-34-26-30(44(5,6)7)19-23-39(34)49-42(41)46(40)35-27-31(45(8,9)10)18-22-36(35)47(37)32-14-12-11-13-15-32/h10-36H,1-9H3;11-27H,1-10H3/i12D,17D,18D,23D,24D;11D,12D,13D,14D,15D,19D,23D,26D. The quantitative estimate of drug-likeness (QED) is 0.147. The van der Waals surface area contributed by atoms with Crippen molar-refractivity contribution in [3.8, 4) is 0 Å². The van der Waals surface area contributed by atoms with Crippen molar-refractivity contribution in [3.63, 3.8) is 0 Å². The summed E-state index contributed by atoms with van der Waals surface area (Å²) in [5.41, 5.74) is 21.5. The maximum Gasteiger partial charge on any atom is 0.264 e. The Labute approximate surface area is 681 Å². The third kappa shape index (κ3) is 12.6. The molecule has 0 aliphatic carbocycles. The minimum atomic E-state index is -0.564. The lowest BCUT2D eigenvalue weighted by Gasteiger charge is -2.44. The van der Waals surface area contributed by atoms with E-state index in [0.29, 0.717) is 27.0 Å². The van der Waals surface area contributed by atoms with Crippen LogP contribution in [0.5, 0.6) is 0 Å². The van der Waals surface area contributed by atoms with Crippen LogP contribution in [0, 0.1) is 6.92 Å². The van der Waals surface area contributed by atoms with Crippen LogP contribution in [0.3, 0.4) is 0 Å². The molecule has 0 fully saturated rings. The first-order valence-corrected chi connectivity index (χ1v) is 40.0. The normalized spacial score (nSPS) is 15.5. The summed E-state index contributed by atoms with van der Waals surface area (Å²) in [4.78, 5) is 10.7. The monoisotopic (exact) mass is 1480 g/mol. The summed E-state index contributed by atoms with van der Waals surface area (Å²) in [6.45, 7) is 40.6. The van der Waals surface area contributed by atoms with Crippen LogP contribution in [-0.4, -0.2) is 13.4 Å². The summed E-state index contributed by atoms with van der Waals surface area (Å²) in [5, 5.41) is 1.83. The van der Waals surface area contributed by atoms with Crippen LogP contribution in [0.15, 0.2) is 267 Å². The fourth-order valence-corrected chi connectivity index (χ4v) is 18.9. The molecule has 0 amide bonds. The molecule has 18 rings (SSSR count). The second-order valence-electron chi connectivity index (χ2n) is 36.2. The van der Waals surface area contributed by atoms with Gasteiger partial charge in [0.15, 0.2) is 0 Å². The lowest BCUT2D eigenvalue weighted by molar-refractivity contribution is 0.590. The van der Waals surface area contributed by atoms with E-state index < -0.39 is 36.3 Å². The Bertz CT molecular complexity index is 6630. The minimum Gasteiger partial charge on any atom is -0.311 e. The fraction of sp³-hybridized carbons (Fsp3) is 0.248. The maximum absolute atomic E-state index is 9.85. The Morgan fingerprint density at radius 2 is 0.682 bits per heavy atom. The summed E-state index contributed by atoms with van der Waals surface area (Å²) in [5.74, 6) is 0. The molecular weight excluding hydrogens is 1370 g/mol. The molecule has 0 unspecified atom stereocenters. The predicted octanol–water partition coefficient (Wildman–Crippen LogP) is 25.5. The number of nitrogens with zero attached hydrogens (tertiary/aromatic N) is 5. The van der Waals surface area contributed by atoms with Gasteiger partial charge in [-0.3, -0.25) is 0 Å². The molecule has 2 aromatic heterocycles. The van der Waals surface area contributed by atoms with E-state index in [9.17, 15) is 9.60 Å². The zero-order chi connectivity index (χ0) is 88.4. The van der Waals surface area contributed by atoms with Crippen molar-refractivity contribution >= 4 is 173 Å². The van der Waals surface area contributed by atoms with Gasteiger partial charge in [-0.1, -0.05) is 258 Å². The average Bonchev–Trinajstić information content (AvgIpc) is 1.55. The van der Waals surface area contributed by atoms with Crippen molar-refractivity contribution in [2.45, 2.75) is 164 Å². The molecule has 4 aliphatic heterocycles. The van der Waals surface area contributed by atoms with Gasteiger partial charge in [0.05, 0.1) is 34.9 Å². The lowest BCUT2D eigenvalue weighted by Crippen LogP contribution is -2.60. The highest BCUT2D eigenvalue weighted by Crippen LogP contribution is 2.54. The zero-order valence-corrected chi connectivity index (χ0v) is 68.2. The van der Waals surface area contributed by atoms with E-state index in [1.165, 1.54) is 42.9 Å². The van der Waals surface area contributed by atoms with Gasteiger partial charge >= 0.3 is 0 Å². The van der Waals surface area contributed by atoms with Crippen LogP contribution < -0.4 is 55.9 Å². The molecule has 0 radical (unpaired) electrons. The van der Waals surface area contributed by atoms with Gasteiger partial charge in [-0.15, -0.1) is 22.7 Å². The number of thiophene rings is 2. The zero-order valence-electron chi connectivity index (χ0n) is 79.6. The second kappa shape index (κ2) is 26.5. The van der Waals surface area contributed by atoms with Gasteiger partial charge in [0, 0.05) is 98.0 Å². The number of aryl methyl sites for hydroxylation is 1. The van der Waals surface area contributed by atoms with Crippen molar-refractivity contribution in [3.05, 3.63) is 306 Å². The highest BCUT2D eigenvalue weighted by atomic mass is 32.1. The first kappa shape index (κ1) is 58.6. The Kier molecular flexibility index (Phi) is 14.1. The number of anilines is 15. The van der Waals surface area contributed by atoms with Crippen molar-refractivity contribution in [2.75, 3.05) is 24.5 Å².